The Balaban J connectivity index is 2.01. The van der Waals surface area contributed by atoms with Crippen molar-refractivity contribution in [3.05, 3.63) is 35.4 Å². The van der Waals surface area contributed by atoms with Crippen molar-refractivity contribution >= 4 is 17.6 Å². The number of rotatable bonds is 4. The lowest BCUT2D eigenvalue weighted by Crippen LogP contribution is -2.16. The second-order valence-corrected chi connectivity index (χ2v) is 5.51. The molecule has 0 radical (unpaired) electrons. The van der Waals surface area contributed by atoms with E-state index < -0.39 is 0 Å². The molecule has 0 spiro atoms. The minimum absolute atomic E-state index is 0.150. The van der Waals surface area contributed by atoms with Gasteiger partial charge >= 0.3 is 0 Å². The van der Waals surface area contributed by atoms with Crippen molar-refractivity contribution in [1.82, 2.24) is 0 Å². The summed E-state index contributed by atoms with van der Waals surface area (Å²) in [6.45, 7) is 2.99. The fourth-order valence-corrected chi connectivity index (χ4v) is 3.29. The summed E-state index contributed by atoms with van der Waals surface area (Å²) in [5, 5.41) is 8.11. The normalized spacial score (nSPS) is 23.8. The van der Waals surface area contributed by atoms with Gasteiger partial charge in [0.25, 0.3) is 0 Å². The van der Waals surface area contributed by atoms with Gasteiger partial charge in [-0.05, 0) is 18.9 Å². The van der Waals surface area contributed by atoms with E-state index in [0.29, 0.717) is 11.4 Å². The summed E-state index contributed by atoms with van der Waals surface area (Å²) in [5.74, 6) is 1.05. The Hall–Kier alpha value is -1.00. The SMILES string of the molecule is CC1OCCC1SCc1ccccc1C(=N)N. The molecular formula is C13H18N2OS. The summed E-state index contributed by atoms with van der Waals surface area (Å²) in [7, 11) is 0. The molecule has 1 heterocycles. The van der Waals surface area contributed by atoms with Gasteiger partial charge in [-0.3, -0.25) is 5.41 Å². The molecule has 1 aliphatic rings. The Bertz CT molecular complexity index is 408. The van der Waals surface area contributed by atoms with Crippen LogP contribution in [-0.2, 0) is 10.5 Å². The molecule has 1 aliphatic heterocycles. The highest BCUT2D eigenvalue weighted by Gasteiger charge is 2.24. The molecule has 0 bridgehead atoms. The van der Waals surface area contributed by atoms with E-state index in [0.717, 1.165) is 29.9 Å². The number of hydrogen-bond donors (Lipinski definition) is 2. The molecule has 3 N–H and O–H groups in total. The highest BCUT2D eigenvalue weighted by Crippen LogP contribution is 2.29. The highest BCUT2D eigenvalue weighted by atomic mass is 32.2. The molecule has 0 aromatic heterocycles. The zero-order chi connectivity index (χ0) is 12.3. The Morgan fingerprint density at radius 2 is 2.29 bits per heavy atom. The molecule has 2 rings (SSSR count). The zero-order valence-corrected chi connectivity index (χ0v) is 10.8. The van der Waals surface area contributed by atoms with Crippen LogP contribution < -0.4 is 5.73 Å². The molecule has 17 heavy (non-hydrogen) atoms. The third kappa shape index (κ3) is 3.01. The predicted octanol–water partition coefficient (Wildman–Crippen LogP) is 2.38. The highest BCUT2D eigenvalue weighted by molar-refractivity contribution is 7.99. The first-order chi connectivity index (χ1) is 8.18. The lowest BCUT2D eigenvalue weighted by Gasteiger charge is -2.14. The van der Waals surface area contributed by atoms with Crippen molar-refractivity contribution in [2.75, 3.05) is 6.61 Å². The summed E-state index contributed by atoms with van der Waals surface area (Å²) in [6.07, 6.45) is 1.46. The van der Waals surface area contributed by atoms with Crippen LogP contribution in [0.1, 0.15) is 24.5 Å². The molecule has 2 atom stereocenters. The number of nitrogens with one attached hydrogen (secondary N) is 1. The fourth-order valence-electron chi connectivity index (χ4n) is 2.04. The van der Waals surface area contributed by atoms with Crippen LogP contribution in [0.4, 0.5) is 0 Å². The van der Waals surface area contributed by atoms with Crippen LogP contribution in [0.15, 0.2) is 24.3 Å². The Labute approximate surface area is 106 Å². The Morgan fingerprint density at radius 3 is 2.94 bits per heavy atom. The number of amidine groups is 1. The zero-order valence-electron chi connectivity index (χ0n) is 9.98. The van der Waals surface area contributed by atoms with Gasteiger partial charge in [-0.1, -0.05) is 24.3 Å². The second-order valence-electron chi connectivity index (χ2n) is 4.28. The predicted molar refractivity (Wildman–Crippen MR) is 72.6 cm³/mol. The first kappa shape index (κ1) is 12.5. The van der Waals surface area contributed by atoms with E-state index in [1.807, 2.05) is 36.0 Å². The van der Waals surface area contributed by atoms with E-state index in [1.54, 1.807) is 0 Å². The van der Waals surface area contributed by atoms with Crippen LogP contribution in [0.25, 0.3) is 0 Å². The van der Waals surface area contributed by atoms with Gasteiger partial charge in [-0.15, -0.1) is 0 Å². The van der Waals surface area contributed by atoms with Crippen molar-refractivity contribution < 1.29 is 4.74 Å². The largest absolute Gasteiger partial charge is 0.384 e. The van der Waals surface area contributed by atoms with Crippen molar-refractivity contribution in [3.8, 4) is 0 Å². The molecule has 1 aromatic rings. The first-order valence-electron chi connectivity index (χ1n) is 5.84. The molecule has 0 amide bonds. The average molecular weight is 250 g/mol. The summed E-state index contributed by atoms with van der Waals surface area (Å²) >= 11 is 1.90. The minimum Gasteiger partial charge on any atom is -0.384 e. The van der Waals surface area contributed by atoms with Gasteiger partial charge in [0.15, 0.2) is 0 Å². The van der Waals surface area contributed by atoms with Gasteiger partial charge in [0, 0.05) is 23.2 Å². The smallest absolute Gasteiger partial charge is 0.123 e. The van der Waals surface area contributed by atoms with E-state index in [-0.39, 0.29) is 5.84 Å². The van der Waals surface area contributed by atoms with E-state index in [4.69, 9.17) is 15.9 Å². The van der Waals surface area contributed by atoms with Crippen molar-refractivity contribution in [1.29, 1.82) is 5.41 Å². The van der Waals surface area contributed by atoms with Gasteiger partial charge in [0.2, 0.25) is 0 Å². The number of thioether (sulfide) groups is 1. The average Bonchev–Trinajstić information content (AvgIpc) is 2.72. The van der Waals surface area contributed by atoms with Crippen LogP contribution in [-0.4, -0.2) is 23.8 Å². The van der Waals surface area contributed by atoms with Gasteiger partial charge in [0.05, 0.1) is 6.10 Å². The van der Waals surface area contributed by atoms with Crippen molar-refractivity contribution in [2.45, 2.75) is 30.5 Å². The van der Waals surface area contributed by atoms with E-state index in [9.17, 15) is 0 Å². The van der Waals surface area contributed by atoms with Crippen LogP contribution in [0, 0.1) is 5.41 Å². The lowest BCUT2D eigenvalue weighted by atomic mass is 10.1. The van der Waals surface area contributed by atoms with Crippen molar-refractivity contribution in [3.63, 3.8) is 0 Å². The summed E-state index contributed by atoms with van der Waals surface area (Å²) < 4.78 is 5.54. The van der Waals surface area contributed by atoms with Crippen LogP contribution in [0.5, 0.6) is 0 Å². The summed E-state index contributed by atoms with van der Waals surface area (Å²) in [4.78, 5) is 0. The molecular weight excluding hydrogens is 232 g/mol. The molecule has 1 saturated heterocycles. The number of hydrogen-bond acceptors (Lipinski definition) is 3. The fraction of sp³-hybridized carbons (Fsp3) is 0.462. The molecule has 1 fully saturated rings. The standard InChI is InChI=1S/C13H18N2OS/c1-9-12(6-7-16-9)17-8-10-4-2-3-5-11(10)13(14)15/h2-5,9,12H,6-8H2,1H3,(H3,14,15). The van der Waals surface area contributed by atoms with Crippen LogP contribution in [0.2, 0.25) is 0 Å². The van der Waals surface area contributed by atoms with Crippen LogP contribution >= 0.6 is 11.8 Å². The number of benzene rings is 1. The summed E-state index contributed by atoms with van der Waals surface area (Å²) in [6, 6.07) is 7.88. The Morgan fingerprint density at radius 1 is 1.53 bits per heavy atom. The second kappa shape index (κ2) is 5.56. The monoisotopic (exact) mass is 250 g/mol. The molecule has 0 aliphatic carbocycles. The number of ether oxygens (including phenoxy) is 1. The Kier molecular flexibility index (Phi) is 4.07. The number of nitrogen functional groups attached to an aromatic ring is 1. The molecule has 4 heteroatoms. The van der Waals surface area contributed by atoms with Crippen molar-refractivity contribution in [2.24, 2.45) is 5.73 Å². The van der Waals surface area contributed by atoms with Crippen LogP contribution in [0.3, 0.4) is 0 Å². The lowest BCUT2D eigenvalue weighted by molar-refractivity contribution is 0.127. The van der Waals surface area contributed by atoms with Gasteiger partial charge < -0.3 is 10.5 Å². The van der Waals surface area contributed by atoms with Gasteiger partial charge in [-0.2, -0.15) is 11.8 Å². The summed E-state index contributed by atoms with van der Waals surface area (Å²) in [5.41, 5.74) is 7.57. The molecule has 1 aromatic carbocycles. The minimum atomic E-state index is 0.150. The maximum Gasteiger partial charge on any atom is 0.123 e. The van der Waals surface area contributed by atoms with Gasteiger partial charge in [0.1, 0.15) is 5.84 Å². The van der Waals surface area contributed by atoms with Gasteiger partial charge in [-0.25, -0.2) is 0 Å². The quantitative estimate of drug-likeness (QED) is 0.637. The molecule has 3 nitrogen and oxygen atoms in total. The third-order valence-corrected chi connectivity index (χ3v) is 4.59. The van der Waals surface area contributed by atoms with E-state index in [1.165, 1.54) is 0 Å². The topological polar surface area (TPSA) is 59.1 Å². The molecule has 92 valence electrons. The maximum absolute atomic E-state index is 7.55. The number of nitrogens with two attached hydrogens (primary N) is 1. The maximum atomic E-state index is 7.55. The molecule has 0 saturated carbocycles. The van der Waals surface area contributed by atoms with E-state index in [2.05, 4.69) is 6.92 Å². The first-order valence-corrected chi connectivity index (χ1v) is 6.89. The third-order valence-electron chi connectivity index (χ3n) is 3.07. The molecule has 2 unspecified atom stereocenters. The van der Waals surface area contributed by atoms with E-state index >= 15 is 0 Å².